The van der Waals surface area contributed by atoms with E-state index in [1.807, 2.05) is 77.1 Å². The minimum atomic E-state index is -1.17. The summed E-state index contributed by atoms with van der Waals surface area (Å²) in [6.07, 6.45) is -0.589. The zero-order valence-electron chi connectivity index (χ0n) is 28.6. The Hall–Kier alpha value is -3.53. The summed E-state index contributed by atoms with van der Waals surface area (Å²) in [5, 5.41) is 5.56. The Morgan fingerprint density at radius 1 is 0.778 bits per heavy atom. The van der Waals surface area contributed by atoms with E-state index >= 15 is 0 Å². The summed E-state index contributed by atoms with van der Waals surface area (Å²) in [5.74, 6) is -1.72. The lowest BCUT2D eigenvalue weighted by molar-refractivity contribution is -0.159. The van der Waals surface area contributed by atoms with Gasteiger partial charge in [0.05, 0.1) is 0 Å². The molecule has 2 rings (SSSR count). The Labute approximate surface area is 274 Å². The van der Waals surface area contributed by atoms with Gasteiger partial charge in [0.15, 0.2) is 0 Å². The Morgan fingerprint density at radius 2 is 1.36 bits per heavy atom. The Kier molecular flexibility index (Phi) is 12.7. The highest BCUT2D eigenvalue weighted by Gasteiger charge is 2.43. The maximum absolute atomic E-state index is 14.5. The molecule has 2 aromatic rings. The van der Waals surface area contributed by atoms with Gasteiger partial charge in [-0.3, -0.25) is 9.59 Å². The van der Waals surface area contributed by atoms with Crippen molar-refractivity contribution >= 4 is 36.5 Å². The number of thiol groups is 1. The number of amides is 3. The minimum Gasteiger partial charge on any atom is -0.458 e. The topological polar surface area (TPSA) is 114 Å². The van der Waals surface area contributed by atoms with E-state index in [4.69, 9.17) is 9.47 Å². The number of hydrogen-bond acceptors (Lipinski definition) is 7. The van der Waals surface area contributed by atoms with Gasteiger partial charge in [0, 0.05) is 17.7 Å². The molecule has 0 spiro atoms. The van der Waals surface area contributed by atoms with Gasteiger partial charge in [-0.15, -0.1) is 0 Å². The number of nitrogens with zero attached hydrogens (tertiary/aromatic N) is 1. The van der Waals surface area contributed by atoms with E-state index in [1.165, 1.54) is 4.90 Å². The van der Waals surface area contributed by atoms with E-state index in [0.717, 1.165) is 16.7 Å². The summed E-state index contributed by atoms with van der Waals surface area (Å²) in [4.78, 5) is 56.6. The first-order chi connectivity index (χ1) is 20.6. The average molecular weight is 642 g/mol. The van der Waals surface area contributed by atoms with Crippen molar-refractivity contribution < 1.29 is 28.7 Å². The predicted octanol–water partition coefficient (Wildman–Crippen LogP) is 5.86. The second kappa shape index (κ2) is 15.2. The molecule has 0 radical (unpaired) electrons. The summed E-state index contributed by atoms with van der Waals surface area (Å²) in [6, 6.07) is 11.6. The van der Waals surface area contributed by atoms with Gasteiger partial charge in [-0.1, -0.05) is 48.5 Å². The highest BCUT2D eigenvalue weighted by Crippen LogP contribution is 2.33. The van der Waals surface area contributed by atoms with Crippen molar-refractivity contribution in [1.29, 1.82) is 0 Å². The zero-order valence-corrected chi connectivity index (χ0v) is 29.5. The third kappa shape index (κ3) is 11.4. The molecular formula is C35H51N3O6S. The molecule has 0 fully saturated rings. The standard InChI is InChI=1S/C35H51N3O6S/c1-22-16-15-19-25(23(22)2)28(38(33(3,4)5)30(40)27(21-45)37-32(42)44-35(9,10)11)29(39)36-26(31(41)43-34(6,7)8)20-24-17-13-12-14-18-24/h12-19,26-28,45H,20-21H2,1-11H3,(H,36,39)(H,37,42). The molecule has 0 bridgehead atoms. The van der Waals surface area contributed by atoms with Crippen LogP contribution in [0, 0.1) is 13.8 Å². The largest absolute Gasteiger partial charge is 0.458 e. The van der Waals surface area contributed by atoms with Crippen LogP contribution in [0.2, 0.25) is 0 Å². The van der Waals surface area contributed by atoms with Crippen molar-refractivity contribution in [3.05, 3.63) is 70.8 Å². The smallest absolute Gasteiger partial charge is 0.408 e. The van der Waals surface area contributed by atoms with Crippen molar-refractivity contribution in [3.63, 3.8) is 0 Å². The summed E-state index contributed by atoms with van der Waals surface area (Å²) >= 11 is 4.37. The highest BCUT2D eigenvalue weighted by molar-refractivity contribution is 7.80. The van der Waals surface area contributed by atoms with E-state index in [2.05, 4.69) is 23.3 Å². The van der Waals surface area contributed by atoms with E-state index in [0.29, 0.717) is 5.56 Å². The Bertz CT molecular complexity index is 1340. The number of esters is 1. The van der Waals surface area contributed by atoms with E-state index in [9.17, 15) is 19.2 Å². The van der Waals surface area contributed by atoms with Gasteiger partial charge in [-0.05, 0) is 98.4 Å². The number of alkyl carbamates (subject to hydrolysis) is 1. The molecule has 0 aliphatic rings. The molecule has 0 aliphatic heterocycles. The number of nitrogens with one attached hydrogen (secondary N) is 2. The summed E-state index contributed by atoms with van der Waals surface area (Å²) in [5.41, 5.74) is 0.688. The Morgan fingerprint density at radius 3 is 1.87 bits per heavy atom. The first-order valence-electron chi connectivity index (χ1n) is 15.2. The third-order valence-corrected chi connectivity index (χ3v) is 7.24. The summed E-state index contributed by atoms with van der Waals surface area (Å²) < 4.78 is 11.1. The highest BCUT2D eigenvalue weighted by atomic mass is 32.1. The minimum absolute atomic E-state index is 0.0413. The number of hydrogen-bond donors (Lipinski definition) is 3. The molecule has 0 saturated carbocycles. The van der Waals surface area contributed by atoms with Gasteiger partial charge in [0.1, 0.15) is 29.3 Å². The van der Waals surface area contributed by atoms with Gasteiger partial charge >= 0.3 is 12.1 Å². The molecule has 9 nitrogen and oxygen atoms in total. The molecule has 0 saturated heterocycles. The number of aryl methyl sites for hydroxylation is 1. The molecule has 0 aromatic heterocycles. The van der Waals surface area contributed by atoms with Crippen LogP contribution in [0.1, 0.15) is 90.6 Å². The molecule has 3 amide bonds. The van der Waals surface area contributed by atoms with Crippen LogP contribution in [-0.4, -0.2) is 63.4 Å². The second-order valence-corrected chi connectivity index (χ2v) is 14.6. The fourth-order valence-electron chi connectivity index (χ4n) is 4.78. The van der Waals surface area contributed by atoms with Gasteiger partial charge in [0.2, 0.25) is 11.8 Å². The van der Waals surface area contributed by atoms with Crippen LogP contribution in [-0.2, 0) is 30.3 Å². The van der Waals surface area contributed by atoms with Crippen molar-refractivity contribution in [2.75, 3.05) is 5.75 Å². The quantitative estimate of drug-likeness (QED) is 0.221. The summed E-state index contributed by atoms with van der Waals surface area (Å²) in [7, 11) is 0. The van der Waals surface area contributed by atoms with Crippen LogP contribution in [0.3, 0.4) is 0 Å². The maximum atomic E-state index is 14.5. The van der Waals surface area contributed by atoms with Crippen LogP contribution < -0.4 is 10.6 Å². The molecule has 3 unspecified atom stereocenters. The molecule has 2 aromatic carbocycles. The van der Waals surface area contributed by atoms with Gasteiger partial charge in [-0.2, -0.15) is 12.6 Å². The lowest BCUT2D eigenvalue weighted by Crippen LogP contribution is -2.60. The molecule has 10 heteroatoms. The Balaban J connectivity index is 2.66. The first-order valence-corrected chi connectivity index (χ1v) is 15.8. The molecule has 3 atom stereocenters. The van der Waals surface area contributed by atoms with Crippen LogP contribution in [0.25, 0.3) is 0 Å². The second-order valence-electron chi connectivity index (χ2n) is 14.2. The SMILES string of the molecule is Cc1cccc(C(C(=O)NC(Cc2ccccc2)C(=O)OC(C)(C)C)N(C(=O)C(CS)NC(=O)OC(C)(C)C)C(C)(C)C)c1C. The number of carbonyl (C=O) groups is 4. The average Bonchev–Trinajstić information content (AvgIpc) is 2.89. The van der Waals surface area contributed by atoms with Crippen LogP contribution >= 0.6 is 12.6 Å². The van der Waals surface area contributed by atoms with Crippen LogP contribution in [0.4, 0.5) is 4.79 Å². The number of benzene rings is 2. The normalized spacial score (nSPS) is 14.0. The monoisotopic (exact) mass is 641 g/mol. The fraction of sp³-hybridized carbons (Fsp3) is 0.543. The number of rotatable bonds is 10. The number of ether oxygens (including phenoxy) is 2. The van der Waals surface area contributed by atoms with Gasteiger partial charge in [0.25, 0.3) is 0 Å². The fourth-order valence-corrected chi connectivity index (χ4v) is 5.03. The van der Waals surface area contributed by atoms with Crippen LogP contribution in [0.15, 0.2) is 48.5 Å². The third-order valence-electron chi connectivity index (χ3n) is 6.87. The molecule has 2 N–H and O–H groups in total. The van der Waals surface area contributed by atoms with Crippen molar-refractivity contribution in [1.82, 2.24) is 15.5 Å². The molecular weight excluding hydrogens is 590 g/mol. The first kappa shape index (κ1) is 37.7. The molecule has 0 heterocycles. The molecule has 248 valence electrons. The number of carbonyl (C=O) groups excluding carboxylic acids is 4. The maximum Gasteiger partial charge on any atom is 0.408 e. The lowest BCUT2D eigenvalue weighted by atomic mass is 9.91. The van der Waals surface area contributed by atoms with E-state index < -0.39 is 58.7 Å². The van der Waals surface area contributed by atoms with Crippen LogP contribution in [0.5, 0.6) is 0 Å². The van der Waals surface area contributed by atoms with E-state index in [1.54, 1.807) is 47.6 Å². The van der Waals surface area contributed by atoms with Crippen molar-refractivity contribution in [2.45, 2.75) is 117 Å². The predicted molar refractivity (Wildman–Crippen MR) is 180 cm³/mol. The summed E-state index contributed by atoms with van der Waals surface area (Å²) in [6.45, 7) is 19.7. The van der Waals surface area contributed by atoms with Gasteiger partial charge < -0.3 is 25.0 Å². The molecule has 45 heavy (non-hydrogen) atoms. The van der Waals surface area contributed by atoms with E-state index in [-0.39, 0.29) is 12.2 Å². The lowest BCUT2D eigenvalue weighted by Gasteiger charge is -2.43. The van der Waals surface area contributed by atoms with Crippen molar-refractivity contribution in [2.24, 2.45) is 0 Å². The molecule has 0 aliphatic carbocycles. The van der Waals surface area contributed by atoms with Gasteiger partial charge in [-0.25, -0.2) is 9.59 Å². The zero-order chi connectivity index (χ0) is 34.3. The van der Waals surface area contributed by atoms with Crippen molar-refractivity contribution in [3.8, 4) is 0 Å².